The molecule has 0 aromatic carbocycles. The fraction of sp³-hybridized carbons (Fsp3) is 0.600. The van der Waals surface area contributed by atoms with Gasteiger partial charge >= 0.3 is 0 Å². The van der Waals surface area contributed by atoms with Gasteiger partial charge in [0.15, 0.2) is 0 Å². The molecule has 11 heavy (non-hydrogen) atoms. The van der Waals surface area contributed by atoms with Crippen molar-refractivity contribution in [3.8, 4) is 0 Å². The van der Waals surface area contributed by atoms with Gasteiger partial charge in [-0.05, 0) is 30.3 Å². The molecule has 0 fully saturated rings. The smallest absolute Gasteiger partial charge is 0.0641 e. The fourth-order valence-corrected chi connectivity index (χ4v) is 1.36. The van der Waals surface area contributed by atoms with E-state index < -0.39 is 0 Å². The van der Waals surface area contributed by atoms with Crippen molar-refractivity contribution in [2.24, 2.45) is 5.41 Å². The van der Waals surface area contributed by atoms with Gasteiger partial charge in [0, 0.05) is 0 Å². The highest BCUT2D eigenvalue weighted by Crippen LogP contribution is 2.35. The molecule has 0 aromatic heterocycles. The molecule has 1 rings (SSSR count). The SMILES string of the molecule is C=C[C@]1(C)CC=C(CO)CC1. The van der Waals surface area contributed by atoms with E-state index in [0.29, 0.717) is 0 Å². The van der Waals surface area contributed by atoms with Crippen molar-refractivity contribution in [2.75, 3.05) is 6.61 Å². The van der Waals surface area contributed by atoms with Crippen molar-refractivity contribution in [3.63, 3.8) is 0 Å². The molecule has 1 aliphatic rings. The second kappa shape index (κ2) is 3.22. The van der Waals surface area contributed by atoms with Crippen molar-refractivity contribution in [2.45, 2.75) is 26.2 Å². The van der Waals surface area contributed by atoms with Gasteiger partial charge in [-0.15, -0.1) is 6.58 Å². The molecule has 0 aliphatic heterocycles. The summed E-state index contributed by atoms with van der Waals surface area (Å²) in [5, 5.41) is 8.84. The topological polar surface area (TPSA) is 20.2 Å². The van der Waals surface area contributed by atoms with Crippen molar-refractivity contribution >= 4 is 0 Å². The number of aliphatic hydroxyl groups is 1. The van der Waals surface area contributed by atoms with Gasteiger partial charge in [-0.3, -0.25) is 0 Å². The van der Waals surface area contributed by atoms with Gasteiger partial charge in [-0.1, -0.05) is 19.1 Å². The molecule has 0 bridgehead atoms. The van der Waals surface area contributed by atoms with Gasteiger partial charge in [0.2, 0.25) is 0 Å². The first-order valence-electron chi connectivity index (χ1n) is 4.12. The van der Waals surface area contributed by atoms with Gasteiger partial charge in [0.25, 0.3) is 0 Å². The Kier molecular flexibility index (Phi) is 2.50. The molecule has 1 aliphatic carbocycles. The lowest BCUT2D eigenvalue weighted by molar-refractivity contribution is 0.303. The summed E-state index contributed by atoms with van der Waals surface area (Å²) in [6.07, 6.45) is 7.36. The molecule has 1 nitrogen and oxygen atoms in total. The number of aliphatic hydroxyl groups excluding tert-OH is 1. The van der Waals surface area contributed by atoms with Gasteiger partial charge < -0.3 is 5.11 Å². The summed E-state index contributed by atoms with van der Waals surface area (Å²) < 4.78 is 0. The summed E-state index contributed by atoms with van der Waals surface area (Å²) in [4.78, 5) is 0. The molecule has 0 saturated carbocycles. The monoisotopic (exact) mass is 152 g/mol. The fourth-order valence-electron chi connectivity index (χ4n) is 1.36. The summed E-state index contributed by atoms with van der Waals surface area (Å²) in [6.45, 7) is 6.26. The van der Waals surface area contributed by atoms with E-state index in [1.165, 1.54) is 5.57 Å². The largest absolute Gasteiger partial charge is 0.392 e. The minimum absolute atomic E-state index is 0.229. The molecule has 0 unspecified atom stereocenters. The van der Waals surface area contributed by atoms with Crippen LogP contribution >= 0.6 is 0 Å². The number of hydrogen-bond donors (Lipinski definition) is 1. The van der Waals surface area contributed by atoms with Gasteiger partial charge in [0.1, 0.15) is 0 Å². The zero-order chi connectivity index (χ0) is 8.32. The van der Waals surface area contributed by atoms with Crippen molar-refractivity contribution in [3.05, 3.63) is 24.3 Å². The number of allylic oxidation sites excluding steroid dienone is 2. The Balaban J connectivity index is 2.60. The van der Waals surface area contributed by atoms with Gasteiger partial charge in [0.05, 0.1) is 6.61 Å². The van der Waals surface area contributed by atoms with Crippen molar-refractivity contribution in [1.82, 2.24) is 0 Å². The molecule has 1 N–H and O–H groups in total. The Morgan fingerprint density at radius 3 is 2.91 bits per heavy atom. The molecule has 0 saturated heterocycles. The van der Waals surface area contributed by atoms with Crippen molar-refractivity contribution in [1.29, 1.82) is 0 Å². The first-order chi connectivity index (χ1) is 5.20. The standard InChI is InChI=1S/C10H16O/c1-3-10(2)6-4-9(8-11)5-7-10/h3-4,11H,1,5-8H2,2H3/t10-/m1/s1. The van der Waals surface area contributed by atoms with Crippen LogP contribution in [-0.2, 0) is 0 Å². The third kappa shape index (κ3) is 1.93. The number of hydrogen-bond acceptors (Lipinski definition) is 1. The Labute approximate surface area is 68.4 Å². The summed E-state index contributed by atoms with van der Waals surface area (Å²) in [7, 11) is 0. The second-order valence-corrected chi connectivity index (χ2v) is 3.58. The third-order valence-electron chi connectivity index (χ3n) is 2.57. The van der Waals surface area contributed by atoms with Crippen LogP contribution in [-0.4, -0.2) is 11.7 Å². The lowest BCUT2D eigenvalue weighted by atomic mass is 9.77. The summed E-state index contributed by atoms with van der Waals surface area (Å²) in [5.41, 5.74) is 1.46. The first-order valence-corrected chi connectivity index (χ1v) is 4.12. The van der Waals surface area contributed by atoms with E-state index in [0.717, 1.165) is 19.3 Å². The Morgan fingerprint density at radius 2 is 2.55 bits per heavy atom. The maximum Gasteiger partial charge on any atom is 0.0641 e. The van der Waals surface area contributed by atoms with Crippen LogP contribution in [0.4, 0.5) is 0 Å². The first kappa shape index (κ1) is 8.54. The summed E-state index contributed by atoms with van der Waals surface area (Å²) in [6, 6.07) is 0. The second-order valence-electron chi connectivity index (χ2n) is 3.58. The predicted molar refractivity (Wildman–Crippen MR) is 47.3 cm³/mol. The van der Waals surface area contributed by atoms with Crippen LogP contribution in [0.15, 0.2) is 24.3 Å². The maximum atomic E-state index is 8.84. The van der Waals surface area contributed by atoms with Gasteiger partial charge in [-0.25, -0.2) is 0 Å². The average molecular weight is 152 g/mol. The Morgan fingerprint density at radius 1 is 1.82 bits per heavy atom. The normalized spacial score (nSPS) is 31.3. The maximum absolute atomic E-state index is 8.84. The Bertz CT molecular complexity index is 181. The molecule has 0 spiro atoms. The molecule has 0 amide bonds. The highest BCUT2D eigenvalue weighted by molar-refractivity contribution is 5.12. The van der Waals surface area contributed by atoms with E-state index in [4.69, 9.17) is 5.11 Å². The molecule has 0 radical (unpaired) electrons. The lowest BCUT2D eigenvalue weighted by Gasteiger charge is -2.28. The van der Waals surface area contributed by atoms with Gasteiger partial charge in [-0.2, -0.15) is 0 Å². The summed E-state index contributed by atoms with van der Waals surface area (Å²) in [5.74, 6) is 0. The molecular weight excluding hydrogens is 136 g/mol. The predicted octanol–water partition coefficient (Wildman–Crippen LogP) is 2.28. The van der Waals surface area contributed by atoms with E-state index >= 15 is 0 Å². The molecule has 1 atom stereocenters. The molecule has 0 heterocycles. The zero-order valence-corrected chi connectivity index (χ0v) is 7.14. The minimum Gasteiger partial charge on any atom is -0.392 e. The van der Waals surface area contributed by atoms with Crippen LogP contribution in [0.1, 0.15) is 26.2 Å². The van der Waals surface area contributed by atoms with Crippen LogP contribution in [0, 0.1) is 5.41 Å². The quantitative estimate of drug-likeness (QED) is 0.602. The third-order valence-corrected chi connectivity index (χ3v) is 2.57. The highest BCUT2D eigenvalue weighted by Gasteiger charge is 2.22. The number of rotatable bonds is 2. The molecule has 0 aromatic rings. The average Bonchev–Trinajstić information content (AvgIpc) is 2.06. The van der Waals surface area contributed by atoms with E-state index in [1.807, 2.05) is 6.08 Å². The lowest BCUT2D eigenvalue weighted by Crippen LogP contribution is -2.16. The highest BCUT2D eigenvalue weighted by atomic mass is 16.3. The van der Waals surface area contributed by atoms with E-state index in [-0.39, 0.29) is 12.0 Å². The minimum atomic E-state index is 0.229. The van der Waals surface area contributed by atoms with E-state index in [2.05, 4.69) is 19.6 Å². The molecular formula is C10H16O. The van der Waals surface area contributed by atoms with Crippen LogP contribution < -0.4 is 0 Å². The van der Waals surface area contributed by atoms with Crippen LogP contribution in [0.25, 0.3) is 0 Å². The van der Waals surface area contributed by atoms with Crippen LogP contribution in [0.3, 0.4) is 0 Å². The molecule has 62 valence electrons. The Hall–Kier alpha value is -0.560. The van der Waals surface area contributed by atoms with Crippen LogP contribution in [0.5, 0.6) is 0 Å². The van der Waals surface area contributed by atoms with Crippen molar-refractivity contribution < 1.29 is 5.11 Å². The molecule has 1 heteroatoms. The zero-order valence-electron chi connectivity index (χ0n) is 7.14. The van der Waals surface area contributed by atoms with E-state index in [1.54, 1.807) is 0 Å². The summed E-state index contributed by atoms with van der Waals surface area (Å²) >= 11 is 0. The van der Waals surface area contributed by atoms with Crippen LogP contribution in [0.2, 0.25) is 0 Å². The van der Waals surface area contributed by atoms with E-state index in [9.17, 15) is 0 Å².